The lowest BCUT2D eigenvalue weighted by atomic mass is 10.2. The summed E-state index contributed by atoms with van der Waals surface area (Å²) < 4.78 is 8.93. The molecule has 2 heterocycles. The van der Waals surface area contributed by atoms with Crippen LogP contribution in [0.1, 0.15) is 11.3 Å². The van der Waals surface area contributed by atoms with E-state index in [0.29, 0.717) is 0 Å². The molecule has 19 heavy (non-hydrogen) atoms. The molecule has 0 aliphatic carbocycles. The van der Waals surface area contributed by atoms with Crippen LogP contribution < -0.4 is 4.74 Å². The number of hydrogen-bond acceptors (Lipinski definition) is 2. The Bertz CT molecular complexity index is 749. The molecule has 3 aromatic rings. The molecule has 0 amide bonds. The molecule has 0 N–H and O–H groups in total. The third-order valence-corrected chi connectivity index (χ3v) is 3.35. The molecule has 3 rings (SSSR count). The molecule has 0 saturated carbocycles. The number of rotatable bonds is 2. The summed E-state index contributed by atoms with van der Waals surface area (Å²) in [5, 5.41) is 0. The molecule has 0 atom stereocenters. The molecule has 2 aromatic heterocycles. The molecule has 0 aliphatic rings. The Kier molecular flexibility index (Phi) is 3.03. The zero-order valence-corrected chi connectivity index (χ0v) is 12.3. The molecule has 4 heteroatoms. The van der Waals surface area contributed by atoms with E-state index in [2.05, 4.69) is 20.9 Å². The number of fused-ring (bicyclic) bond motifs is 1. The Balaban J connectivity index is 2.12. The van der Waals surface area contributed by atoms with E-state index < -0.39 is 0 Å². The van der Waals surface area contributed by atoms with Gasteiger partial charge in [-0.2, -0.15) is 0 Å². The predicted octanol–water partition coefficient (Wildman–Crippen LogP) is 4.51. The number of hydrogen-bond donors (Lipinski definition) is 0. The van der Waals surface area contributed by atoms with E-state index in [1.165, 1.54) is 0 Å². The van der Waals surface area contributed by atoms with Crippen LogP contribution in [0, 0.1) is 13.8 Å². The van der Waals surface area contributed by atoms with Gasteiger partial charge in [-0.15, -0.1) is 0 Å². The Morgan fingerprint density at radius 2 is 1.89 bits per heavy atom. The first-order valence-corrected chi connectivity index (χ1v) is 6.81. The van der Waals surface area contributed by atoms with Crippen LogP contribution in [-0.2, 0) is 0 Å². The number of aryl methyl sites for hydroxylation is 2. The minimum atomic E-state index is 0.747. The fourth-order valence-corrected chi connectivity index (χ4v) is 2.45. The molecule has 1 aromatic carbocycles. The van der Waals surface area contributed by atoms with E-state index in [1.54, 1.807) is 0 Å². The molecule has 96 valence electrons. The quantitative estimate of drug-likeness (QED) is 0.695. The average Bonchev–Trinajstić information content (AvgIpc) is 2.72. The lowest BCUT2D eigenvalue weighted by molar-refractivity contribution is 0.480. The topological polar surface area (TPSA) is 26.5 Å². The first kappa shape index (κ1) is 12.2. The van der Waals surface area contributed by atoms with Gasteiger partial charge in [-0.3, -0.25) is 0 Å². The second-order valence-corrected chi connectivity index (χ2v) is 5.42. The number of para-hydroxylation sites is 1. The summed E-state index contributed by atoms with van der Waals surface area (Å²) in [6, 6.07) is 9.89. The lowest BCUT2D eigenvalue weighted by Gasteiger charge is -2.09. The summed E-state index contributed by atoms with van der Waals surface area (Å²) >= 11 is 3.50. The van der Waals surface area contributed by atoms with Gasteiger partial charge >= 0.3 is 0 Å². The molecular formula is C15H13BrN2O. The molecule has 0 bridgehead atoms. The third kappa shape index (κ3) is 2.36. The van der Waals surface area contributed by atoms with E-state index in [0.717, 1.165) is 32.9 Å². The Morgan fingerprint density at radius 3 is 2.68 bits per heavy atom. The van der Waals surface area contributed by atoms with Crippen molar-refractivity contribution < 1.29 is 4.74 Å². The standard InChI is InChI=1S/C15H13BrN2O/c1-10-5-3-4-6-13(10)19-14-7-12(16)9-18-8-11(2)17-15(14)18/h3-9H,1-2H3. The van der Waals surface area contributed by atoms with Gasteiger partial charge in [0.1, 0.15) is 5.75 Å². The van der Waals surface area contributed by atoms with Gasteiger partial charge in [-0.05, 0) is 41.4 Å². The minimum absolute atomic E-state index is 0.747. The van der Waals surface area contributed by atoms with Crippen molar-refractivity contribution in [1.29, 1.82) is 0 Å². The monoisotopic (exact) mass is 316 g/mol. The molecule has 0 saturated heterocycles. The smallest absolute Gasteiger partial charge is 0.180 e. The first-order valence-electron chi connectivity index (χ1n) is 6.02. The summed E-state index contributed by atoms with van der Waals surface area (Å²) in [6.07, 6.45) is 3.95. The van der Waals surface area contributed by atoms with E-state index in [-0.39, 0.29) is 0 Å². The van der Waals surface area contributed by atoms with Crippen molar-refractivity contribution >= 4 is 21.6 Å². The Hall–Kier alpha value is -1.81. The van der Waals surface area contributed by atoms with E-state index >= 15 is 0 Å². The average molecular weight is 317 g/mol. The molecule has 0 spiro atoms. The van der Waals surface area contributed by atoms with Crippen LogP contribution in [-0.4, -0.2) is 9.38 Å². The van der Waals surface area contributed by atoms with Crippen LogP contribution >= 0.6 is 15.9 Å². The van der Waals surface area contributed by atoms with Crippen molar-refractivity contribution in [3.05, 3.63) is 58.5 Å². The van der Waals surface area contributed by atoms with Gasteiger partial charge in [0.2, 0.25) is 0 Å². The molecular weight excluding hydrogens is 304 g/mol. The highest BCUT2D eigenvalue weighted by Gasteiger charge is 2.09. The van der Waals surface area contributed by atoms with Crippen LogP contribution in [0.25, 0.3) is 5.65 Å². The van der Waals surface area contributed by atoms with Crippen molar-refractivity contribution in [2.45, 2.75) is 13.8 Å². The molecule has 0 aliphatic heterocycles. The van der Waals surface area contributed by atoms with Gasteiger partial charge in [0.15, 0.2) is 11.4 Å². The van der Waals surface area contributed by atoms with Crippen molar-refractivity contribution in [3.63, 3.8) is 0 Å². The molecule has 0 radical (unpaired) electrons. The van der Waals surface area contributed by atoms with Crippen molar-refractivity contribution in [1.82, 2.24) is 9.38 Å². The predicted molar refractivity (Wildman–Crippen MR) is 78.9 cm³/mol. The maximum atomic E-state index is 6.00. The van der Waals surface area contributed by atoms with Crippen LogP contribution in [0.5, 0.6) is 11.5 Å². The maximum absolute atomic E-state index is 6.00. The number of benzene rings is 1. The Morgan fingerprint density at radius 1 is 1.11 bits per heavy atom. The van der Waals surface area contributed by atoms with Crippen LogP contribution in [0.2, 0.25) is 0 Å². The highest BCUT2D eigenvalue weighted by molar-refractivity contribution is 9.10. The largest absolute Gasteiger partial charge is 0.453 e. The number of aromatic nitrogens is 2. The number of pyridine rings is 1. The van der Waals surface area contributed by atoms with E-state index in [9.17, 15) is 0 Å². The van der Waals surface area contributed by atoms with Gasteiger partial charge in [-0.1, -0.05) is 18.2 Å². The number of ether oxygens (including phenoxy) is 1. The summed E-state index contributed by atoms with van der Waals surface area (Å²) in [5.41, 5.74) is 2.89. The normalized spacial score (nSPS) is 10.9. The molecule has 0 fully saturated rings. The maximum Gasteiger partial charge on any atom is 0.180 e. The third-order valence-electron chi connectivity index (χ3n) is 2.92. The lowest BCUT2D eigenvalue weighted by Crippen LogP contribution is -1.92. The fraction of sp³-hybridized carbons (Fsp3) is 0.133. The van der Waals surface area contributed by atoms with Gasteiger partial charge in [0, 0.05) is 22.9 Å². The molecule has 0 unspecified atom stereocenters. The Labute approximate surface area is 120 Å². The molecule has 3 nitrogen and oxygen atoms in total. The summed E-state index contributed by atoms with van der Waals surface area (Å²) in [4.78, 5) is 4.50. The summed E-state index contributed by atoms with van der Waals surface area (Å²) in [7, 11) is 0. The van der Waals surface area contributed by atoms with Gasteiger partial charge in [0.05, 0.1) is 5.69 Å². The first-order chi connectivity index (χ1) is 9.13. The summed E-state index contributed by atoms with van der Waals surface area (Å²) in [6.45, 7) is 4.00. The zero-order valence-electron chi connectivity index (χ0n) is 10.7. The van der Waals surface area contributed by atoms with Crippen LogP contribution in [0.15, 0.2) is 47.2 Å². The number of imidazole rings is 1. The number of nitrogens with zero attached hydrogens (tertiary/aromatic N) is 2. The van der Waals surface area contributed by atoms with E-state index in [4.69, 9.17) is 4.74 Å². The SMILES string of the molecule is Cc1cn2cc(Br)cc(Oc3ccccc3C)c2n1. The van der Waals surface area contributed by atoms with Crippen LogP contribution in [0.4, 0.5) is 0 Å². The van der Waals surface area contributed by atoms with Crippen molar-refractivity contribution in [2.75, 3.05) is 0 Å². The highest BCUT2D eigenvalue weighted by Crippen LogP contribution is 2.30. The van der Waals surface area contributed by atoms with Gasteiger partial charge in [-0.25, -0.2) is 4.98 Å². The van der Waals surface area contributed by atoms with Gasteiger partial charge in [0.25, 0.3) is 0 Å². The van der Waals surface area contributed by atoms with Gasteiger partial charge < -0.3 is 9.14 Å². The minimum Gasteiger partial charge on any atom is -0.453 e. The second-order valence-electron chi connectivity index (χ2n) is 4.50. The fourth-order valence-electron chi connectivity index (χ4n) is 2.02. The number of halogens is 1. The zero-order chi connectivity index (χ0) is 13.4. The van der Waals surface area contributed by atoms with Crippen LogP contribution in [0.3, 0.4) is 0 Å². The van der Waals surface area contributed by atoms with E-state index in [1.807, 2.05) is 61.0 Å². The highest BCUT2D eigenvalue weighted by atomic mass is 79.9. The van der Waals surface area contributed by atoms with Crippen molar-refractivity contribution in [2.24, 2.45) is 0 Å². The van der Waals surface area contributed by atoms with Crippen molar-refractivity contribution in [3.8, 4) is 11.5 Å². The summed E-state index contributed by atoms with van der Waals surface area (Å²) in [5.74, 6) is 1.60. The second kappa shape index (κ2) is 4.70.